The van der Waals surface area contributed by atoms with E-state index in [9.17, 15) is 8.42 Å². The van der Waals surface area contributed by atoms with Gasteiger partial charge in [0.25, 0.3) is 0 Å². The lowest BCUT2D eigenvalue weighted by atomic mass is 10.2. The second kappa shape index (κ2) is 7.26. The summed E-state index contributed by atoms with van der Waals surface area (Å²) < 4.78 is 27.6. The molecule has 0 saturated heterocycles. The molecule has 7 heteroatoms. The van der Waals surface area contributed by atoms with E-state index in [0.717, 1.165) is 23.5 Å². The van der Waals surface area contributed by atoms with E-state index in [-0.39, 0.29) is 4.75 Å². The molecule has 1 rings (SSSR count). The van der Waals surface area contributed by atoms with Gasteiger partial charge in [-0.1, -0.05) is 6.92 Å². The summed E-state index contributed by atoms with van der Waals surface area (Å²) in [5, 5.41) is 3.23. The zero-order chi connectivity index (χ0) is 15.4. The maximum atomic E-state index is 12.3. The van der Waals surface area contributed by atoms with E-state index in [1.54, 1.807) is 17.8 Å². The number of hydrogen-bond donors (Lipinski definition) is 2. The highest BCUT2D eigenvalue weighted by Gasteiger charge is 2.23. The molecule has 1 aromatic heterocycles. The second-order valence-electron chi connectivity index (χ2n) is 5.24. The molecule has 1 aromatic rings. The minimum atomic E-state index is -3.40. The molecule has 0 atom stereocenters. The third-order valence-electron chi connectivity index (χ3n) is 3.04. The Labute approximate surface area is 130 Å². The zero-order valence-electron chi connectivity index (χ0n) is 12.7. The molecule has 2 N–H and O–H groups in total. The molecule has 20 heavy (non-hydrogen) atoms. The zero-order valence-corrected chi connectivity index (χ0v) is 15.2. The second-order valence-corrected chi connectivity index (χ2v) is 9.88. The Kier molecular flexibility index (Phi) is 6.53. The lowest BCUT2D eigenvalue weighted by Gasteiger charge is -2.21. The molecule has 0 spiro atoms. The Morgan fingerprint density at radius 1 is 1.40 bits per heavy atom. The fourth-order valence-electron chi connectivity index (χ4n) is 1.45. The van der Waals surface area contributed by atoms with Gasteiger partial charge in [-0.2, -0.15) is 11.8 Å². The van der Waals surface area contributed by atoms with Crippen molar-refractivity contribution in [1.82, 2.24) is 10.0 Å². The number of aryl methyl sites for hydroxylation is 1. The minimum Gasteiger partial charge on any atom is -0.312 e. The van der Waals surface area contributed by atoms with Gasteiger partial charge in [0.15, 0.2) is 0 Å². The molecule has 116 valence electrons. The molecular weight excluding hydrogens is 312 g/mol. The van der Waals surface area contributed by atoms with Crippen LogP contribution >= 0.6 is 23.1 Å². The monoisotopic (exact) mass is 336 g/mol. The lowest BCUT2D eigenvalue weighted by molar-refractivity contribution is 0.572. The van der Waals surface area contributed by atoms with Gasteiger partial charge in [-0.15, -0.1) is 11.3 Å². The van der Waals surface area contributed by atoms with E-state index in [1.165, 1.54) is 11.3 Å². The van der Waals surface area contributed by atoms with Crippen LogP contribution in [0.15, 0.2) is 10.3 Å². The molecule has 0 fully saturated rings. The molecule has 0 aliphatic carbocycles. The van der Waals surface area contributed by atoms with Crippen LogP contribution in [0.5, 0.6) is 0 Å². The molecule has 0 aliphatic heterocycles. The van der Waals surface area contributed by atoms with Crippen molar-refractivity contribution < 1.29 is 8.42 Å². The van der Waals surface area contributed by atoms with Crippen molar-refractivity contribution in [2.75, 3.05) is 19.3 Å². The largest absolute Gasteiger partial charge is 0.312 e. The summed E-state index contributed by atoms with van der Waals surface area (Å²) in [5.74, 6) is 0. The lowest BCUT2D eigenvalue weighted by Crippen LogP contribution is -2.35. The first-order chi connectivity index (χ1) is 9.22. The van der Waals surface area contributed by atoms with E-state index < -0.39 is 10.0 Å². The Morgan fingerprint density at radius 2 is 2.05 bits per heavy atom. The van der Waals surface area contributed by atoms with Crippen molar-refractivity contribution in [3.63, 3.8) is 0 Å². The summed E-state index contributed by atoms with van der Waals surface area (Å²) in [7, 11) is -3.40. The maximum absolute atomic E-state index is 12.3. The Hall–Kier alpha value is -0.0800. The molecule has 0 amide bonds. The highest BCUT2D eigenvalue weighted by Crippen LogP contribution is 2.27. The first-order valence-electron chi connectivity index (χ1n) is 6.56. The first kappa shape index (κ1) is 18.0. The van der Waals surface area contributed by atoms with Crippen LogP contribution < -0.4 is 10.0 Å². The molecular formula is C13H24N2O2S3. The predicted octanol–water partition coefficient (Wildman–Crippen LogP) is 2.59. The van der Waals surface area contributed by atoms with Gasteiger partial charge in [0.2, 0.25) is 10.0 Å². The Balaban J connectivity index is 2.82. The SMILES string of the molecule is CCNCc1sc(S(=O)(=O)NCC(C)(C)SC)cc1C. The van der Waals surface area contributed by atoms with Crippen molar-refractivity contribution in [1.29, 1.82) is 0 Å². The normalized spacial score (nSPS) is 12.8. The van der Waals surface area contributed by atoms with Crippen LogP contribution in [0.25, 0.3) is 0 Å². The van der Waals surface area contributed by atoms with Crippen LogP contribution in [-0.4, -0.2) is 32.5 Å². The summed E-state index contributed by atoms with van der Waals surface area (Å²) in [6.45, 7) is 10.1. The van der Waals surface area contributed by atoms with Gasteiger partial charge in [-0.25, -0.2) is 13.1 Å². The average Bonchev–Trinajstić information content (AvgIpc) is 2.76. The molecule has 4 nitrogen and oxygen atoms in total. The molecule has 0 aliphatic rings. The number of rotatable bonds is 8. The van der Waals surface area contributed by atoms with Crippen LogP contribution in [0.2, 0.25) is 0 Å². The van der Waals surface area contributed by atoms with Crippen LogP contribution in [0.3, 0.4) is 0 Å². The van der Waals surface area contributed by atoms with Crippen LogP contribution in [0.1, 0.15) is 31.2 Å². The van der Waals surface area contributed by atoms with E-state index >= 15 is 0 Å². The predicted molar refractivity (Wildman–Crippen MR) is 89.2 cm³/mol. The molecule has 1 heterocycles. The number of thiophene rings is 1. The van der Waals surface area contributed by atoms with Gasteiger partial charge in [0.1, 0.15) is 4.21 Å². The summed E-state index contributed by atoms with van der Waals surface area (Å²) >= 11 is 2.99. The highest BCUT2D eigenvalue weighted by molar-refractivity contribution is 8.00. The van der Waals surface area contributed by atoms with Gasteiger partial charge in [0.05, 0.1) is 0 Å². The van der Waals surface area contributed by atoms with E-state index in [2.05, 4.69) is 10.0 Å². The number of thioether (sulfide) groups is 1. The van der Waals surface area contributed by atoms with Crippen molar-refractivity contribution >= 4 is 33.1 Å². The smallest absolute Gasteiger partial charge is 0.250 e. The van der Waals surface area contributed by atoms with Crippen molar-refractivity contribution in [2.24, 2.45) is 0 Å². The van der Waals surface area contributed by atoms with Gasteiger partial charge < -0.3 is 5.32 Å². The van der Waals surface area contributed by atoms with Crippen molar-refractivity contribution in [2.45, 2.75) is 43.2 Å². The fourth-order valence-corrected chi connectivity index (χ4v) is 4.57. The number of nitrogens with one attached hydrogen (secondary N) is 2. The Morgan fingerprint density at radius 3 is 2.60 bits per heavy atom. The van der Waals surface area contributed by atoms with Crippen LogP contribution in [0.4, 0.5) is 0 Å². The fraction of sp³-hybridized carbons (Fsp3) is 0.692. The van der Waals surface area contributed by atoms with Crippen LogP contribution in [-0.2, 0) is 16.6 Å². The molecule has 0 aromatic carbocycles. The topological polar surface area (TPSA) is 58.2 Å². The first-order valence-corrected chi connectivity index (χ1v) is 10.1. The Bertz CT molecular complexity index is 536. The highest BCUT2D eigenvalue weighted by atomic mass is 32.2. The van der Waals surface area contributed by atoms with E-state index in [4.69, 9.17) is 0 Å². The van der Waals surface area contributed by atoms with Crippen LogP contribution in [0, 0.1) is 6.92 Å². The number of hydrogen-bond acceptors (Lipinski definition) is 5. The molecule has 0 saturated carbocycles. The summed E-state index contributed by atoms with van der Waals surface area (Å²) in [5.41, 5.74) is 1.03. The van der Waals surface area contributed by atoms with Crippen molar-refractivity contribution in [3.05, 3.63) is 16.5 Å². The third kappa shape index (κ3) is 5.04. The van der Waals surface area contributed by atoms with Gasteiger partial charge in [-0.3, -0.25) is 0 Å². The van der Waals surface area contributed by atoms with E-state index in [1.807, 2.05) is 34.0 Å². The van der Waals surface area contributed by atoms with Gasteiger partial charge in [-0.05, 0) is 45.2 Å². The molecule has 0 unspecified atom stereocenters. The summed E-state index contributed by atoms with van der Waals surface area (Å²) in [4.78, 5) is 1.08. The quantitative estimate of drug-likeness (QED) is 0.766. The van der Waals surface area contributed by atoms with Gasteiger partial charge >= 0.3 is 0 Å². The maximum Gasteiger partial charge on any atom is 0.250 e. The van der Waals surface area contributed by atoms with Crippen molar-refractivity contribution in [3.8, 4) is 0 Å². The summed E-state index contributed by atoms with van der Waals surface area (Å²) in [6.07, 6.45) is 1.98. The third-order valence-corrected chi connectivity index (χ3v) is 7.40. The van der Waals surface area contributed by atoms with Gasteiger partial charge in [0, 0.05) is 22.7 Å². The molecule has 0 radical (unpaired) electrons. The summed E-state index contributed by atoms with van der Waals surface area (Å²) in [6, 6.07) is 1.76. The number of sulfonamides is 1. The molecule has 0 bridgehead atoms. The van der Waals surface area contributed by atoms with E-state index in [0.29, 0.717) is 10.8 Å². The standard InChI is InChI=1S/C13H24N2O2S3/c1-6-14-8-11-10(2)7-12(19-11)20(16,17)15-9-13(3,4)18-5/h7,14-15H,6,8-9H2,1-5H3. The minimum absolute atomic E-state index is 0.105. The average molecular weight is 337 g/mol.